The van der Waals surface area contributed by atoms with E-state index in [2.05, 4.69) is 10.6 Å². The molecule has 0 atom stereocenters. The van der Waals surface area contributed by atoms with E-state index in [9.17, 15) is 19.8 Å². The predicted molar refractivity (Wildman–Crippen MR) is 146 cm³/mol. The van der Waals surface area contributed by atoms with Crippen LogP contribution in [0.2, 0.25) is 0 Å². The number of rotatable bonds is 6. The number of hydrogen-bond acceptors (Lipinski definition) is 4. The van der Waals surface area contributed by atoms with E-state index in [1.165, 1.54) is 141 Å². The summed E-state index contributed by atoms with van der Waals surface area (Å²) in [5, 5.41) is 26.1. The van der Waals surface area contributed by atoms with E-state index in [4.69, 9.17) is 0 Å². The second-order valence-corrected chi connectivity index (χ2v) is 12.1. The maximum atomic E-state index is 10.3. The van der Waals surface area contributed by atoms with Crippen LogP contribution in [0.25, 0.3) is 0 Å². The van der Waals surface area contributed by atoms with Crippen LogP contribution >= 0.6 is 0 Å². The number of carbonyl (C=O) groups excluding carboxylic acids is 2. The molecule has 0 radical (unpaired) electrons. The highest BCUT2D eigenvalue weighted by Gasteiger charge is 2.23. The van der Waals surface area contributed by atoms with Gasteiger partial charge < -0.3 is 30.4 Å². The Morgan fingerprint density at radius 1 is 0.474 bits per heavy atom. The topological polar surface area (TPSA) is 113 Å². The number of carboxylic acids is 2. The van der Waals surface area contributed by atoms with Gasteiger partial charge in [0.25, 0.3) is 0 Å². The van der Waals surface area contributed by atoms with Gasteiger partial charge in [0.2, 0.25) is 0 Å². The van der Waals surface area contributed by atoms with Gasteiger partial charge in [-0.15, -0.1) is 0 Å². The Bertz CT molecular complexity index is 706. The van der Waals surface area contributed by atoms with Crippen LogP contribution in [0.15, 0.2) is 24.3 Å². The molecule has 4 N–H and O–H groups in total. The van der Waals surface area contributed by atoms with Crippen LogP contribution < -0.4 is 20.8 Å². The van der Waals surface area contributed by atoms with Gasteiger partial charge in [0.15, 0.2) is 0 Å². The first kappa shape index (κ1) is 30.6. The van der Waals surface area contributed by atoms with Crippen LogP contribution in [0, 0.1) is 0 Å². The number of aromatic carboxylic acids is 2. The highest BCUT2D eigenvalue weighted by molar-refractivity contribution is 5.99. The molecule has 0 amide bonds. The normalized spacial score (nSPS) is 21.9. The lowest BCUT2D eigenvalue weighted by atomic mass is 9.91. The average molecular weight is 529 g/mol. The number of quaternary nitrogens is 2. The van der Waals surface area contributed by atoms with Gasteiger partial charge in [-0.1, -0.05) is 49.9 Å². The first-order valence-corrected chi connectivity index (χ1v) is 15.7. The Morgan fingerprint density at radius 3 is 0.921 bits per heavy atom. The van der Waals surface area contributed by atoms with Crippen molar-refractivity contribution in [3.8, 4) is 0 Å². The summed E-state index contributed by atoms with van der Waals surface area (Å²) >= 11 is 0. The Morgan fingerprint density at radius 2 is 0.711 bits per heavy atom. The largest absolute Gasteiger partial charge is 0.545 e. The average Bonchev–Trinajstić information content (AvgIpc) is 2.96. The number of carboxylic acid groups (broad SMARTS) is 2. The molecule has 0 saturated heterocycles. The van der Waals surface area contributed by atoms with Crippen molar-refractivity contribution in [3.63, 3.8) is 0 Å². The molecule has 214 valence electrons. The van der Waals surface area contributed by atoms with Gasteiger partial charge in [-0.3, -0.25) is 0 Å². The van der Waals surface area contributed by atoms with Crippen molar-refractivity contribution in [2.75, 3.05) is 0 Å². The molecule has 4 aliphatic carbocycles. The van der Waals surface area contributed by atoms with Crippen LogP contribution in [0.3, 0.4) is 0 Å². The fourth-order valence-electron chi connectivity index (χ4n) is 6.92. The molecule has 0 aliphatic heterocycles. The number of carbonyl (C=O) groups is 2. The zero-order valence-electron chi connectivity index (χ0n) is 23.5. The van der Waals surface area contributed by atoms with E-state index in [-0.39, 0.29) is 11.1 Å². The van der Waals surface area contributed by atoms with Crippen molar-refractivity contribution in [2.45, 2.75) is 153 Å². The maximum absolute atomic E-state index is 10.3. The van der Waals surface area contributed by atoms with E-state index in [0.717, 1.165) is 36.3 Å². The molecule has 0 aromatic heterocycles. The molecular formula is C32H52N2O4. The molecule has 38 heavy (non-hydrogen) atoms. The smallest absolute Gasteiger partial charge is 0.0861 e. The maximum Gasteiger partial charge on any atom is 0.0861 e. The van der Waals surface area contributed by atoms with E-state index in [1.807, 2.05) is 0 Å². The lowest BCUT2D eigenvalue weighted by molar-refractivity contribution is -0.726. The highest BCUT2D eigenvalue weighted by Crippen LogP contribution is 2.19. The van der Waals surface area contributed by atoms with Gasteiger partial charge in [-0.25, -0.2) is 0 Å². The molecule has 0 unspecified atom stereocenters. The zero-order valence-corrected chi connectivity index (χ0v) is 23.5. The SMILES string of the molecule is C1CCC([NH2+]C2CCCCC2)CC1.C1CCC([NH2+]C2CCCCC2)CC1.O=C([O-])c1ccccc1C(=O)[O-]. The summed E-state index contributed by atoms with van der Waals surface area (Å²) < 4.78 is 0. The van der Waals surface area contributed by atoms with Crippen molar-refractivity contribution in [1.82, 2.24) is 0 Å². The summed E-state index contributed by atoms with van der Waals surface area (Å²) in [6.07, 6.45) is 29.9. The lowest BCUT2D eigenvalue weighted by Gasteiger charge is -2.27. The van der Waals surface area contributed by atoms with Gasteiger partial charge >= 0.3 is 0 Å². The van der Waals surface area contributed by atoms with Gasteiger partial charge in [0.1, 0.15) is 0 Å². The van der Waals surface area contributed by atoms with Crippen molar-refractivity contribution >= 4 is 11.9 Å². The van der Waals surface area contributed by atoms with Crippen molar-refractivity contribution in [1.29, 1.82) is 0 Å². The predicted octanol–water partition coefficient (Wildman–Crippen LogP) is 2.84. The summed E-state index contributed by atoms with van der Waals surface area (Å²) in [4.78, 5) is 20.6. The first-order chi connectivity index (χ1) is 18.5. The monoisotopic (exact) mass is 528 g/mol. The molecule has 4 fully saturated rings. The van der Waals surface area contributed by atoms with Crippen LogP contribution in [-0.4, -0.2) is 36.1 Å². The fourth-order valence-corrected chi connectivity index (χ4v) is 6.92. The van der Waals surface area contributed by atoms with Gasteiger partial charge in [-0.2, -0.15) is 0 Å². The molecular weight excluding hydrogens is 476 g/mol. The third-order valence-electron chi connectivity index (χ3n) is 9.05. The summed E-state index contributed by atoms with van der Waals surface area (Å²) in [5.74, 6) is -3.04. The van der Waals surface area contributed by atoms with Crippen LogP contribution in [0.1, 0.15) is 149 Å². The third kappa shape index (κ3) is 11.4. The molecule has 5 rings (SSSR count). The molecule has 0 bridgehead atoms. The molecule has 4 aliphatic rings. The first-order valence-electron chi connectivity index (χ1n) is 15.7. The third-order valence-corrected chi connectivity index (χ3v) is 9.05. The number of hydrogen-bond donors (Lipinski definition) is 2. The minimum Gasteiger partial charge on any atom is -0.545 e. The summed E-state index contributed by atoms with van der Waals surface area (Å²) in [5.41, 5.74) is -0.727. The van der Waals surface area contributed by atoms with Crippen molar-refractivity contribution in [3.05, 3.63) is 35.4 Å². The Labute approximate surface area is 230 Å². The van der Waals surface area contributed by atoms with Crippen LogP contribution in [0.4, 0.5) is 0 Å². The van der Waals surface area contributed by atoms with Crippen molar-refractivity contribution in [2.24, 2.45) is 0 Å². The summed E-state index contributed by atoms with van der Waals surface area (Å²) in [7, 11) is 0. The molecule has 0 spiro atoms. The van der Waals surface area contributed by atoms with E-state index in [1.54, 1.807) is 0 Å². The van der Waals surface area contributed by atoms with Gasteiger partial charge in [-0.05, 0) is 103 Å². The summed E-state index contributed by atoms with van der Waals surface area (Å²) in [6.45, 7) is 0. The van der Waals surface area contributed by atoms with Gasteiger partial charge in [0, 0.05) is 11.1 Å². The van der Waals surface area contributed by atoms with E-state index in [0.29, 0.717) is 0 Å². The highest BCUT2D eigenvalue weighted by atomic mass is 16.4. The van der Waals surface area contributed by atoms with Crippen molar-refractivity contribution < 1.29 is 30.4 Å². The minimum absolute atomic E-state index is 0.363. The molecule has 6 nitrogen and oxygen atoms in total. The van der Waals surface area contributed by atoms with Crippen LogP contribution in [0.5, 0.6) is 0 Å². The fraction of sp³-hybridized carbons (Fsp3) is 0.750. The van der Waals surface area contributed by atoms with E-state index >= 15 is 0 Å². The Hall–Kier alpha value is -1.92. The molecule has 1 aromatic rings. The Kier molecular flexibility index (Phi) is 14.2. The Balaban J connectivity index is 0.000000158. The van der Waals surface area contributed by atoms with Gasteiger partial charge in [0.05, 0.1) is 36.1 Å². The number of benzene rings is 1. The second-order valence-electron chi connectivity index (χ2n) is 12.1. The lowest BCUT2D eigenvalue weighted by Crippen LogP contribution is -2.95. The summed E-state index contributed by atoms with van der Waals surface area (Å²) in [6, 6.07) is 9.12. The quantitative estimate of drug-likeness (QED) is 0.591. The molecule has 6 heteroatoms. The van der Waals surface area contributed by atoms with Crippen LogP contribution in [-0.2, 0) is 0 Å². The zero-order chi connectivity index (χ0) is 27.0. The second kappa shape index (κ2) is 17.6. The molecule has 1 aromatic carbocycles. The number of nitrogens with two attached hydrogens (primary N) is 2. The van der Waals surface area contributed by atoms with E-state index < -0.39 is 11.9 Å². The molecule has 4 saturated carbocycles. The minimum atomic E-state index is -1.52. The standard InChI is InChI=1S/2C12H23N.C8H6O4/c2*1-3-7-11(8-4-1)13-12-9-5-2-6-10-12;9-7(10)5-3-1-2-4-6(5)8(11)12/h2*11-13H,1-10H2;1-4H,(H,9,10)(H,11,12). The molecule has 0 heterocycles.